The Morgan fingerprint density at radius 1 is 1.00 bits per heavy atom. The second-order valence-electron chi connectivity index (χ2n) is 5.94. The number of aromatic nitrogens is 2. The largest absolute Gasteiger partial charge is 0.378 e. The van der Waals surface area contributed by atoms with E-state index in [1.807, 2.05) is 36.4 Å². The molecule has 0 amide bonds. The van der Waals surface area contributed by atoms with Gasteiger partial charge in [0.2, 0.25) is 0 Å². The highest BCUT2D eigenvalue weighted by Crippen LogP contribution is 2.30. The SMILES string of the molecule is Clc1ccc2nc(/C=C/c3ccncc3)cc(N3CCOCC3)c2c1. The van der Waals surface area contributed by atoms with E-state index in [-0.39, 0.29) is 0 Å². The van der Waals surface area contributed by atoms with Gasteiger partial charge in [-0.15, -0.1) is 0 Å². The molecule has 1 aliphatic heterocycles. The Hall–Kier alpha value is -2.43. The number of rotatable bonds is 3. The third-order valence-electron chi connectivity index (χ3n) is 4.27. The second-order valence-corrected chi connectivity index (χ2v) is 6.38. The van der Waals surface area contributed by atoms with Crippen LogP contribution in [0.2, 0.25) is 5.02 Å². The molecule has 0 spiro atoms. The van der Waals surface area contributed by atoms with Gasteiger partial charge < -0.3 is 9.64 Å². The molecule has 5 heteroatoms. The van der Waals surface area contributed by atoms with Crippen LogP contribution in [0.3, 0.4) is 0 Å². The highest BCUT2D eigenvalue weighted by molar-refractivity contribution is 6.31. The summed E-state index contributed by atoms with van der Waals surface area (Å²) in [7, 11) is 0. The van der Waals surface area contributed by atoms with Crippen LogP contribution in [0.25, 0.3) is 23.1 Å². The summed E-state index contributed by atoms with van der Waals surface area (Å²) in [6.07, 6.45) is 7.66. The van der Waals surface area contributed by atoms with Crippen molar-refractivity contribution in [1.29, 1.82) is 0 Å². The van der Waals surface area contributed by atoms with Crippen molar-refractivity contribution in [2.75, 3.05) is 31.2 Å². The third kappa shape index (κ3) is 3.65. The first-order valence-corrected chi connectivity index (χ1v) is 8.68. The van der Waals surface area contributed by atoms with E-state index in [4.69, 9.17) is 21.3 Å². The fraction of sp³-hybridized carbons (Fsp3) is 0.200. The molecule has 1 aliphatic rings. The van der Waals surface area contributed by atoms with Crippen LogP contribution in [0, 0.1) is 0 Å². The van der Waals surface area contributed by atoms with E-state index >= 15 is 0 Å². The second kappa shape index (κ2) is 7.21. The van der Waals surface area contributed by atoms with Crippen molar-refractivity contribution in [3.8, 4) is 0 Å². The van der Waals surface area contributed by atoms with Gasteiger partial charge in [0.05, 0.1) is 24.4 Å². The first-order valence-electron chi connectivity index (χ1n) is 8.31. The van der Waals surface area contributed by atoms with Crippen LogP contribution in [0.5, 0.6) is 0 Å². The van der Waals surface area contributed by atoms with Gasteiger partial charge >= 0.3 is 0 Å². The average molecular weight is 352 g/mol. The summed E-state index contributed by atoms with van der Waals surface area (Å²) in [5.74, 6) is 0. The van der Waals surface area contributed by atoms with Crippen LogP contribution in [0.15, 0.2) is 48.8 Å². The van der Waals surface area contributed by atoms with Crippen LogP contribution >= 0.6 is 11.6 Å². The minimum absolute atomic E-state index is 0.726. The number of benzene rings is 1. The summed E-state index contributed by atoms with van der Waals surface area (Å²) in [5.41, 5.74) is 4.13. The lowest BCUT2D eigenvalue weighted by atomic mass is 10.1. The molecular weight excluding hydrogens is 334 g/mol. The smallest absolute Gasteiger partial charge is 0.0731 e. The van der Waals surface area contributed by atoms with E-state index < -0.39 is 0 Å². The highest BCUT2D eigenvalue weighted by Gasteiger charge is 2.15. The summed E-state index contributed by atoms with van der Waals surface area (Å²) in [4.78, 5) is 11.2. The standard InChI is InChI=1S/C20H18ClN3O/c21-16-2-4-19-18(13-16)20(24-9-11-25-12-10-24)14-17(23-19)3-1-15-5-7-22-8-6-15/h1-8,13-14H,9-12H2/b3-1+. The Kier molecular flexibility index (Phi) is 4.63. The van der Waals surface area contributed by atoms with Crippen LogP contribution in [0.1, 0.15) is 11.3 Å². The molecule has 1 aromatic carbocycles. The molecule has 0 aliphatic carbocycles. The minimum Gasteiger partial charge on any atom is -0.378 e. The fourth-order valence-corrected chi connectivity index (χ4v) is 3.18. The van der Waals surface area contributed by atoms with Gasteiger partial charge in [-0.25, -0.2) is 4.98 Å². The molecule has 0 unspecified atom stereocenters. The Morgan fingerprint density at radius 3 is 2.60 bits per heavy atom. The number of hydrogen-bond acceptors (Lipinski definition) is 4. The molecule has 4 rings (SSSR count). The maximum Gasteiger partial charge on any atom is 0.0731 e. The van der Waals surface area contributed by atoms with Gasteiger partial charge in [0, 0.05) is 41.6 Å². The Balaban J connectivity index is 1.77. The fourth-order valence-electron chi connectivity index (χ4n) is 3.01. The van der Waals surface area contributed by atoms with Crippen molar-refractivity contribution in [3.63, 3.8) is 0 Å². The van der Waals surface area contributed by atoms with E-state index in [0.29, 0.717) is 0 Å². The van der Waals surface area contributed by atoms with Crippen molar-refractivity contribution in [2.24, 2.45) is 0 Å². The molecule has 0 N–H and O–H groups in total. The summed E-state index contributed by atoms with van der Waals surface area (Å²) < 4.78 is 5.49. The number of halogens is 1. The molecule has 3 aromatic rings. The number of pyridine rings is 2. The van der Waals surface area contributed by atoms with Gasteiger partial charge in [0.1, 0.15) is 0 Å². The van der Waals surface area contributed by atoms with Gasteiger partial charge in [-0.2, -0.15) is 0 Å². The van der Waals surface area contributed by atoms with E-state index in [2.05, 4.69) is 22.0 Å². The van der Waals surface area contributed by atoms with Crippen molar-refractivity contribution >= 4 is 40.3 Å². The third-order valence-corrected chi connectivity index (χ3v) is 4.51. The number of ether oxygens (including phenoxy) is 1. The van der Waals surface area contributed by atoms with Crippen molar-refractivity contribution in [2.45, 2.75) is 0 Å². The molecule has 4 nitrogen and oxygen atoms in total. The Labute approximate surface area is 151 Å². The molecule has 1 saturated heterocycles. The molecule has 0 radical (unpaired) electrons. The van der Waals surface area contributed by atoms with Gasteiger partial charge in [-0.05, 0) is 48.0 Å². The lowest BCUT2D eigenvalue weighted by Crippen LogP contribution is -2.36. The topological polar surface area (TPSA) is 38.2 Å². The van der Waals surface area contributed by atoms with Crippen LogP contribution in [-0.2, 0) is 4.74 Å². The number of morpholine rings is 1. The van der Waals surface area contributed by atoms with Crippen LogP contribution < -0.4 is 4.90 Å². The maximum atomic E-state index is 6.22. The molecule has 2 aromatic heterocycles. The highest BCUT2D eigenvalue weighted by atomic mass is 35.5. The lowest BCUT2D eigenvalue weighted by molar-refractivity contribution is 0.123. The summed E-state index contributed by atoms with van der Waals surface area (Å²) in [6, 6.07) is 11.9. The Morgan fingerprint density at radius 2 is 1.80 bits per heavy atom. The van der Waals surface area contributed by atoms with E-state index in [1.165, 1.54) is 0 Å². The van der Waals surface area contributed by atoms with Crippen molar-refractivity contribution in [3.05, 3.63) is 65.1 Å². The van der Waals surface area contributed by atoms with Crippen molar-refractivity contribution < 1.29 is 4.74 Å². The zero-order valence-electron chi connectivity index (χ0n) is 13.7. The number of anilines is 1. The molecule has 25 heavy (non-hydrogen) atoms. The predicted octanol–water partition coefficient (Wildman–Crippen LogP) is 4.29. The molecule has 1 fully saturated rings. The number of nitrogens with zero attached hydrogens (tertiary/aromatic N) is 3. The van der Waals surface area contributed by atoms with Gasteiger partial charge in [0.25, 0.3) is 0 Å². The summed E-state index contributed by atoms with van der Waals surface area (Å²) in [5, 5.41) is 1.80. The summed E-state index contributed by atoms with van der Waals surface area (Å²) in [6.45, 7) is 3.23. The quantitative estimate of drug-likeness (QED) is 0.705. The molecule has 0 bridgehead atoms. The molecule has 3 heterocycles. The van der Waals surface area contributed by atoms with E-state index in [0.717, 1.165) is 59.2 Å². The first kappa shape index (κ1) is 16.1. The number of hydrogen-bond donors (Lipinski definition) is 0. The predicted molar refractivity (Wildman–Crippen MR) is 103 cm³/mol. The number of fused-ring (bicyclic) bond motifs is 1. The molecule has 126 valence electrons. The van der Waals surface area contributed by atoms with E-state index in [9.17, 15) is 0 Å². The zero-order chi connectivity index (χ0) is 17.1. The van der Waals surface area contributed by atoms with Crippen LogP contribution in [0.4, 0.5) is 5.69 Å². The van der Waals surface area contributed by atoms with Gasteiger partial charge in [0.15, 0.2) is 0 Å². The summed E-state index contributed by atoms with van der Waals surface area (Å²) >= 11 is 6.22. The molecular formula is C20H18ClN3O. The van der Waals surface area contributed by atoms with Crippen LogP contribution in [-0.4, -0.2) is 36.3 Å². The van der Waals surface area contributed by atoms with E-state index in [1.54, 1.807) is 12.4 Å². The van der Waals surface area contributed by atoms with Crippen molar-refractivity contribution in [1.82, 2.24) is 9.97 Å². The normalized spacial score (nSPS) is 15.2. The maximum absolute atomic E-state index is 6.22. The van der Waals surface area contributed by atoms with Gasteiger partial charge in [-0.3, -0.25) is 4.98 Å². The first-order chi connectivity index (χ1) is 12.3. The zero-order valence-corrected chi connectivity index (χ0v) is 14.5. The monoisotopic (exact) mass is 351 g/mol. The van der Waals surface area contributed by atoms with Gasteiger partial charge in [-0.1, -0.05) is 17.7 Å². The Bertz CT molecular complexity index is 905. The lowest BCUT2D eigenvalue weighted by Gasteiger charge is -2.30. The average Bonchev–Trinajstić information content (AvgIpc) is 2.67. The minimum atomic E-state index is 0.726. The molecule has 0 saturated carbocycles. The molecule has 0 atom stereocenters.